The molecule has 0 aromatic heterocycles. The average molecular weight is 283 g/mol. The number of aryl methyl sites for hydroxylation is 2. The van der Waals surface area contributed by atoms with E-state index in [0.29, 0.717) is 10.6 Å². The topological polar surface area (TPSA) is 20.2 Å². The highest BCUT2D eigenvalue weighted by molar-refractivity contribution is 6.30. The first-order chi connectivity index (χ1) is 8.91. The van der Waals surface area contributed by atoms with Gasteiger partial charge in [-0.15, -0.1) is 0 Å². The van der Waals surface area contributed by atoms with Crippen molar-refractivity contribution in [3.63, 3.8) is 0 Å². The van der Waals surface area contributed by atoms with E-state index in [9.17, 15) is 13.9 Å². The number of hydrogen-bond acceptors (Lipinski definition) is 1. The fourth-order valence-corrected chi connectivity index (χ4v) is 2.17. The van der Waals surface area contributed by atoms with Crippen molar-refractivity contribution >= 4 is 11.6 Å². The molecular weight excluding hydrogens is 270 g/mol. The molecule has 2 rings (SSSR count). The summed E-state index contributed by atoms with van der Waals surface area (Å²) in [5.41, 5.74) is 1.06. The van der Waals surface area contributed by atoms with Crippen LogP contribution in [-0.4, -0.2) is 5.11 Å². The average Bonchev–Trinajstić information content (AvgIpc) is 2.37. The SMILES string of the molecule is Cc1ccc(Cl)cc1C(O)c1c(F)ccc(C)c1F. The Balaban J connectivity index is 2.59. The van der Waals surface area contributed by atoms with Gasteiger partial charge in [-0.2, -0.15) is 0 Å². The molecule has 0 aliphatic rings. The Kier molecular flexibility index (Phi) is 3.88. The Hall–Kier alpha value is -1.45. The van der Waals surface area contributed by atoms with Crippen molar-refractivity contribution in [2.75, 3.05) is 0 Å². The van der Waals surface area contributed by atoms with Crippen molar-refractivity contribution < 1.29 is 13.9 Å². The lowest BCUT2D eigenvalue weighted by atomic mass is 9.95. The summed E-state index contributed by atoms with van der Waals surface area (Å²) in [6.45, 7) is 3.27. The van der Waals surface area contributed by atoms with E-state index in [-0.39, 0.29) is 11.1 Å². The van der Waals surface area contributed by atoms with E-state index in [1.54, 1.807) is 19.1 Å². The van der Waals surface area contributed by atoms with E-state index in [0.717, 1.165) is 11.6 Å². The minimum absolute atomic E-state index is 0.287. The van der Waals surface area contributed by atoms with Crippen molar-refractivity contribution in [1.82, 2.24) is 0 Å². The molecule has 0 bridgehead atoms. The predicted octanol–water partition coefficient (Wildman–Crippen LogP) is 4.32. The zero-order valence-corrected chi connectivity index (χ0v) is 11.3. The van der Waals surface area contributed by atoms with Crippen LogP contribution in [0.3, 0.4) is 0 Å². The maximum atomic E-state index is 14.0. The monoisotopic (exact) mass is 282 g/mol. The molecule has 0 radical (unpaired) electrons. The van der Waals surface area contributed by atoms with Crippen molar-refractivity contribution in [3.8, 4) is 0 Å². The zero-order valence-electron chi connectivity index (χ0n) is 10.5. The van der Waals surface area contributed by atoms with Gasteiger partial charge in [-0.25, -0.2) is 8.78 Å². The molecule has 2 aromatic carbocycles. The normalized spacial score (nSPS) is 12.5. The molecule has 1 N–H and O–H groups in total. The van der Waals surface area contributed by atoms with Gasteiger partial charge in [0.1, 0.15) is 17.7 Å². The van der Waals surface area contributed by atoms with Crippen LogP contribution in [0.5, 0.6) is 0 Å². The van der Waals surface area contributed by atoms with Crippen molar-refractivity contribution in [2.24, 2.45) is 0 Å². The van der Waals surface area contributed by atoms with Gasteiger partial charge < -0.3 is 5.11 Å². The minimum atomic E-state index is -1.38. The molecule has 0 saturated carbocycles. The van der Waals surface area contributed by atoms with Crippen LogP contribution < -0.4 is 0 Å². The van der Waals surface area contributed by atoms with Crippen molar-refractivity contribution in [2.45, 2.75) is 20.0 Å². The Labute approximate surface area is 115 Å². The van der Waals surface area contributed by atoms with Crippen molar-refractivity contribution in [1.29, 1.82) is 0 Å². The lowest BCUT2D eigenvalue weighted by Gasteiger charge is -2.17. The Bertz CT molecular complexity index is 626. The van der Waals surface area contributed by atoms with E-state index in [1.165, 1.54) is 19.1 Å². The highest BCUT2D eigenvalue weighted by atomic mass is 35.5. The third-order valence-electron chi connectivity index (χ3n) is 3.13. The van der Waals surface area contributed by atoms with E-state index in [2.05, 4.69) is 0 Å². The molecule has 1 atom stereocenters. The summed E-state index contributed by atoms with van der Waals surface area (Å²) in [5.74, 6) is -1.50. The van der Waals surface area contributed by atoms with Crippen LogP contribution in [0.1, 0.15) is 28.4 Å². The summed E-state index contributed by atoms with van der Waals surface area (Å²) in [6, 6.07) is 7.37. The molecule has 0 heterocycles. The van der Waals surface area contributed by atoms with E-state index in [1.807, 2.05) is 0 Å². The van der Waals surface area contributed by atoms with Gasteiger partial charge in [-0.3, -0.25) is 0 Å². The van der Waals surface area contributed by atoms with Gasteiger partial charge >= 0.3 is 0 Å². The minimum Gasteiger partial charge on any atom is -0.383 e. The van der Waals surface area contributed by atoms with Crippen LogP contribution in [0.2, 0.25) is 5.02 Å². The van der Waals surface area contributed by atoms with Crippen LogP contribution in [0.4, 0.5) is 8.78 Å². The molecule has 1 nitrogen and oxygen atoms in total. The lowest BCUT2D eigenvalue weighted by molar-refractivity contribution is 0.208. The molecule has 0 aliphatic carbocycles. The molecule has 19 heavy (non-hydrogen) atoms. The van der Waals surface area contributed by atoms with Gasteiger partial charge in [0, 0.05) is 5.02 Å². The maximum Gasteiger partial charge on any atom is 0.135 e. The summed E-state index contributed by atoms with van der Waals surface area (Å²) in [6.07, 6.45) is -1.38. The van der Waals surface area contributed by atoms with Gasteiger partial charge in [0.05, 0.1) is 5.56 Å². The first-order valence-corrected chi connectivity index (χ1v) is 6.18. The van der Waals surface area contributed by atoms with Crippen LogP contribution in [0.15, 0.2) is 30.3 Å². The largest absolute Gasteiger partial charge is 0.383 e. The van der Waals surface area contributed by atoms with Gasteiger partial charge in [-0.1, -0.05) is 23.7 Å². The molecule has 4 heteroatoms. The molecule has 0 fully saturated rings. The molecule has 0 saturated heterocycles. The third-order valence-corrected chi connectivity index (χ3v) is 3.36. The second-order valence-corrected chi connectivity index (χ2v) is 4.93. The Morgan fingerprint density at radius 1 is 1.05 bits per heavy atom. The standard InChI is InChI=1S/C15H13ClF2O/c1-8-3-5-10(16)7-11(8)15(19)13-12(17)6-4-9(2)14(13)18/h3-7,15,19H,1-2H3. The quantitative estimate of drug-likeness (QED) is 0.870. The Morgan fingerprint density at radius 2 is 1.68 bits per heavy atom. The first kappa shape index (κ1) is 14.0. The van der Waals surface area contributed by atoms with Gasteiger partial charge in [0.15, 0.2) is 0 Å². The number of hydrogen-bond donors (Lipinski definition) is 1. The van der Waals surface area contributed by atoms with E-state index >= 15 is 0 Å². The summed E-state index contributed by atoms with van der Waals surface area (Å²) in [5, 5.41) is 10.7. The molecule has 2 aromatic rings. The number of benzene rings is 2. The molecule has 100 valence electrons. The van der Waals surface area contributed by atoms with Crippen LogP contribution in [-0.2, 0) is 0 Å². The smallest absolute Gasteiger partial charge is 0.135 e. The highest BCUT2D eigenvalue weighted by Crippen LogP contribution is 2.31. The predicted molar refractivity (Wildman–Crippen MR) is 71.3 cm³/mol. The Morgan fingerprint density at radius 3 is 2.37 bits per heavy atom. The molecular formula is C15H13ClF2O. The molecule has 0 amide bonds. The summed E-state index contributed by atoms with van der Waals surface area (Å²) in [7, 11) is 0. The second-order valence-electron chi connectivity index (χ2n) is 4.50. The third kappa shape index (κ3) is 2.62. The summed E-state index contributed by atoms with van der Waals surface area (Å²) < 4.78 is 27.8. The number of aliphatic hydroxyl groups is 1. The lowest BCUT2D eigenvalue weighted by Crippen LogP contribution is -2.08. The number of halogens is 3. The summed E-state index contributed by atoms with van der Waals surface area (Å²) in [4.78, 5) is 0. The second kappa shape index (κ2) is 5.27. The summed E-state index contributed by atoms with van der Waals surface area (Å²) >= 11 is 5.86. The van der Waals surface area contributed by atoms with Crippen LogP contribution in [0.25, 0.3) is 0 Å². The number of aliphatic hydroxyl groups excluding tert-OH is 1. The van der Waals surface area contributed by atoms with E-state index < -0.39 is 17.7 Å². The molecule has 1 unspecified atom stereocenters. The maximum absolute atomic E-state index is 14.0. The highest BCUT2D eigenvalue weighted by Gasteiger charge is 2.22. The van der Waals surface area contributed by atoms with Gasteiger partial charge in [0.25, 0.3) is 0 Å². The van der Waals surface area contributed by atoms with Crippen molar-refractivity contribution in [3.05, 3.63) is 69.2 Å². The van der Waals surface area contributed by atoms with Crippen LogP contribution >= 0.6 is 11.6 Å². The van der Waals surface area contributed by atoms with E-state index in [4.69, 9.17) is 11.6 Å². The first-order valence-electron chi connectivity index (χ1n) is 5.80. The molecule has 0 spiro atoms. The fraction of sp³-hybridized carbons (Fsp3) is 0.200. The number of rotatable bonds is 2. The van der Waals surface area contributed by atoms with Gasteiger partial charge in [0.2, 0.25) is 0 Å². The zero-order chi connectivity index (χ0) is 14.2. The van der Waals surface area contributed by atoms with Gasteiger partial charge in [-0.05, 0) is 48.7 Å². The van der Waals surface area contributed by atoms with Crippen LogP contribution in [0, 0.1) is 25.5 Å². The molecule has 0 aliphatic heterocycles. The fourth-order valence-electron chi connectivity index (χ4n) is 1.99.